The van der Waals surface area contributed by atoms with E-state index < -0.39 is 0 Å². The first-order valence-electron chi connectivity index (χ1n) is 4.72. The van der Waals surface area contributed by atoms with Gasteiger partial charge in [-0.3, -0.25) is 5.32 Å². The fourth-order valence-electron chi connectivity index (χ4n) is 1.33. The van der Waals surface area contributed by atoms with Gasteiger partial charge in [0.2, 0.25) is 0 Å². The molecule has 1 atom stereocenters. The number of nitrogens with one attached hydrogen (secondary N) is 1. The molecular weight excluding hydrogens is 192 g/mol. The normalized spacial score (nSPS) is 12.0. The summed E-state index contributed by atoms with van der Waals surface area (Å²) >= 11 is 1.76. The Bertz CT molecular complexity index is 357. The van der Waals surface area contributed by atoms with Crippen molar-refractivity contribution in [3.8, 4) is 11.8 Å². The molecule has 0 aromatic carbocycles. The van der Waals surface area contributed by atoms with Gasteiger partial charge in [-0.2, -0.15) is 0 Å². The molecule has 1 heterocycles. The van der Waals surface area contributed by atoms with E-state index in [2.05, 4.69) is 36.0 Å². The lowest BCUT2D eigenvalue weighted by atomic mass is 10.2. The first kappa shape index (κ1) is 11.2. The van der Waals surface area contributed by atoms with E-state index in [0.29, 0.717) is 6.04 Å². The molecule has 14 heavy (non-hydrogen) atoms. The van der Waals surface area contributed by atoms with Gasteiger partial charge in [-0.05, 0) is 27.7 Å². The summed E-state index contributed by atoms with van der Waals surface area (Å²) in [5.74, 6) is 5.87. The molecule has 0 aliphatic carbocycles. The third-order valence-electron chi connectivity index (χ3n) is 2.01. The second-order valence-electron chi connectivity index (χ2n) is 3.21. The number of hydrogen-bond acceptors (Lipinski definition) is 3. The maximum absolute atomic E-state index is 4.40. The van der Waals surface area contributed by atoms with Gasteiger partial charge in [0.1, 0.15) is 0 Å². The van der Waals surface area contributed by atoms with E-state index in [1.54, 1.807) is 11.3 Å². The summed E-state index contributed by atoms with van der Waals surface area (Å²) in [5, 5.41) is 4.48. The maximum Gasteiger partial charge on any atom is 0.0900 e. The van der Waals surface area contributed by atoms with Crippen LogP contribution in [0.25, 0.3) is 0 Å². The summed E-state index contributed by atoms with van der Waals surface area (Å²) in [6, 6.07) is 0.349. The molecule has 0 saturated carbocycles. The van der Waals surface area contributed by atoms with Gasteiger partial charge >= 0.3 is 0 Å². The molecular formula is C11H16N2S. The summed E-state index contributed by atoms with van der Waals surface area (Å²) in [6.07, 6.45) is 0. The zero-order valence-corrected chi connectivity index (χ0v) is 9.96. The number of nitrogens with zero attached hydrogens (tertiary/aromatic N) is 1. The van der Waals surface area contributed by atoms with Crippen LogP contribution >= 0.6 is 11.3 Å². The smallest absolute Gasteiger partial charge is 0.0900 e. The van der Waals surface area contributed by atoms with Gasteiger partial charge in [0.15, 0.2) is 0 Å². The minimum absolute atomic E-state index is 0.349. The van der Waals surface area contributed by atoms with E-state index in [1.807, 2.05) is 13.8 Å². The first-order valence-corrected chi connectivity index (χ1v) is 5.53. The summed E-state index contributed by atoms with van der Waals surface area (Å²) in [6.45, 7) is 8.85. The van der Waals surface area contributed by atoms with E-state index in [1.165, 1.54) is 4.88 Å². The Hall–Kier alpha value is -0.850. The summed E-state index contributed by atoms with van der Waals surface area (Å²) in [7, 11) is 0. The van der Waals surface area contributed by atoms with E-state index in [4.69, 9.17) is 0 Å². The highest BCUT2D eigenvalue weighted by atomic mass is 32.1. The lowest BCUT2D eigenvalue weighted by Crippen LogP contribution is -2.18. The monoisotopic (exact) mass is 208 g/mol. The van der Waals surface area contributed by atoms with E-state index >= 15 is 0 Å². The number of aryl methyl sites for hydroxylation is 2. The molecule has 1 unspecified atom stereocenters. The highest BCUT2D eigenvalue weighted by molar-refractivity contribution is 7.11. The summed E-state index contributed by atoms with van der Waals surface area (Å²) < 4.78 is 0. The van der Waals surface area contributed by atoms with E-state index in [9.17, 15) is 0 Å². The summed E-state index contributed by atoms with van der Waals surface area (Å²) in [5.41, 5.74) is 1.14. The number of aromatic nitrogens is 1. The molecule has 0 saturated heterocycles. The highest BCUT2D eigenvalue weighted by Crippen LogP contribution is 2.23. The van der Waals surface area contributed by atoms with E-state index in [0.717, 1.165) is 17.2 Å². The Labute approximate surface area is 89.8 Å². The Morgan fingerprint density at radius 3 is 2.71 bits per heavy atom. The molecule has 0 aliphatic rings. The molecule has 1 aromatic heterocycles. The molecule has 0 aliphatic heterocycles. The van der Waals surface area contributed by atoms with Crippen molar-refractivity contribution in [3.05, 3.63) is 15.6 Å². The average molecular weight is 208 g/mol. The fraction of sp³-hybridized carbons (Fsp3) is 0.545. The van der Waals surface area contributed by atoms with Crippen LogP contribution in [0, 0.1) is 25.7 Å². The van der Waals surface area contributed by atoms with Crippen LogP contribution < -0.4 is 5.32 Å². The van der Waals surface area contributed by atoms with Gasteiger partial charge in [-0.1, -0.05) is 5.92 Å². The lowest BCUT2D eigenvalue weighted by Gasteiger charge is -2.09. The quantitative estimate of drug-likeness (QED) is 0.772. The summed E-state index contributed by atoms with van der Waals surface area (Å²) in [4.78, 5) is 5.72. The van der Waals surface area contributed by atoms with Gasteiger partial charge in [0, 0.05) is 10.9 Å². The molecule has 0 fully saturated rings. The van der Waals surface area contributed by atoms with Gasteiger partial charge in [0.05, 0.1) is 17.2 Å². The van der Waals surface area contributed by atoms with Crippen LogP contribution in [0.2, 0.25) is 0 Å². The molecule has 0 bridgehead atoms. The zero-order valence-electron chi connectivity index (χ0n) is 9.14. The van der Waals surface area contributed by atoms with Crippen molar-refractivity contribution in [1.29, 1.82) is 0 Å². The lowest BCUT2D eigenvalue weighted by molar-refractivity contribution is 0.629. The standard InChI is InChI=1S/C11H16N2S/c1-5-6-7-12-8(2)11-9(3)13-10(4)14-11/h8,12H,7H2,1-4H3. The number of hydrogen-bond donors (Lipinski definition) is 1. The second kappa shape index (κ2) is 5.14. The molecule has 0 amide bonds. The van der Waals surface area contributed by atoms with Gasteiger partial charge in [-0.25, -0.2) is 4.98 Å². The topological polar surface area (TPSA) is 24.9 Å². The molecule has 1 N–H and O–H groups in total. The Balaban J connectivity index is 2.62. The largest absolute Gasteiger partial charge is 0.299 e. The van der Waals surface area contributed by atoms with Crippen LogP contribution in [0.1, 0.15) is 35.5 Å². The van der Waals surface area contributed by atoms with Crippen LogP contribution in [-0.4, -0.2) is 11.5 Å². The van der Waals surface area contributed by atoms with Crippen molar-refractivity contribution in [2.75, 3.05) is 6.54 Å². The molecule has 1 rings (SSSR count). The molecule has 2 nitrogen and oxygen atoms in total. The average Bonchev–Trinajstić information content (AvgIpc) is 2.45. The first-order chi connectivity index (χ1) is 6.65. The van der Waals surface area contributed by atoms with Crippen molar-refractivity contribution in [2.24, 2.45) is 0 Å². The Morgan fingerprint density at radius 1 is 1.50 bits per heavy atom. The zero-order chi connectivity index (χ0) is 10.6. The van der Waals surface area contributed by atoms with Crippen LogP contribution in [0.4, 0.5) is 0 Å². The Morgan fingerprint density at radius 2 is 2.21 bits per heavy atom. The Kier molecular flexibility index (Phi) is 4.12. The molecule has 0 radical (unpaired) electrons. The SMILES string of the molecule is CC#CCNC(C)c1sc(C)nc1C. The minimum atomic E-state index is 0.349. The van der Waals surface area contributed by atoms with Gasteiger partial charge in [-0.15, -0.1) is 17.3 Å². The van der Waals surface area contributed by atoms with Crippen LogP contribution in [0.5, 0.6) is 0 Å². The highest BCUT2D eigenvalue weighted by Gasteiger charge is 2.11. The van der Waals surface area contributed by atoms with Gasteiger partial charge < -0.3 is 0 Å². The van der Waals surface area contributed by atoms with E-state index in [-0.39, 0.29) is 0 Å². The van der Waals surface area contributed by atoms with Crippen molar-refractivity contribution >= 4 is 11.3 Å². The van der Waals surface area contributed by atoms with Crippen molar-refractivity contribution in [2.45, 2.75) is 33.7 Å². The van der Waals surface area contributed by atoms with Crippen molar-refractivity contribution in [3.63, 3.8) is 0 Å². The number of rotatable bonds is 3. The second-order valence-corrected chi connectivity index (χ2v) is 4.45. The van der Waals surface area contributed by atoms with Crippen LogP contribution in [0.3, 0.4) is 0 Å². The molecule has 3 heteroatoms. The van der Waals surface area contributed by atoms with Crippen LogP contribution in [0.15, 0.2) is 0 Å². The molecule has 76 valence electrons. The predicted molar refractivity (Wildman–Crippen MR) is 61.5 cm³/mol. The van der Waals surface area contributed by atoms with Crippen LogP contribution in [-0.2, 0) is 0 Å². The predicted octanol–water partition coefficient (Wildman–Crippen LogP) is 2.43. The van der Waals surface area contributed by atoms with Crippen molar-refractivity contribution in [1.82, 2.24) is 10.3 Å². The van der Waals surface area contributed by atoms with Crippen molar-refractivity contribution < 1.29 is 0 Å². The third-order valence-corrected chi connectivity index (χ3v) is 3.26. The fourth-order valence-corrected chi connectivity index (χ4v) is 2.29. The maximum atomic E-state index is 4.40. The molecule has 0 spiro atoms. The third kappa shape index (κ3) is 2.83. The minimum Gasteiger partial charge on any atom is -0.299 e. The molecule has 1 aromatic rings. The van der Waals surface area contributed by atoms with Gasteiger partial charge in [0.25, 0.3) is 0 Å². The number of thiazole rings is 1.